The molecule has 0 aliphatic heterocycles. The minimum atomic E-state index is -0.368. The molecule has 0 N–H and O–H groups in total. The van der Waals surface area contributed by atoms with Crippen LogP contribution in [-0.4, -0.2) is 30.3 Å². The third kappa shape index (κ3) is 3.51. The van der Waals surface area contributed by atoms with Gasteiger partial charge in [0.25, 0.3) is 5.56 Å². The van der Waals surface area contributed by atoms with E-state index >= 15 is 0 Å². The first kappa shape index (κ1) is 13.0. The molecule has 0 saturated heterocycles. The summed E-state index contributed by atoms with van der Waals surface area (Å²) in [5.41, 5.74) is 1.60. The molecule has 5 heteroatoms. The largest absolute Gasteiger partial charge is 0.423 e. The van der Waals surface area contributed by atoms with E-state index < -0.39 is 0 Å². The van der Waals surface area contributed by atoms with E-state index in [-0.39, 0.29) is 11.6 Å². The first-order valence-corrected chi connectivity index (χ1v) is 5.84. The van der Waals surface area contributed by atoms with Crippen molar-refractivity contribution in [2.75, 3.05) is 14.1 Å². The van der Waals surface area contributed by atoms with E-state index in [1.54, 1.807) is 4.90 Å². The minimum Gasteiger partial charge on any atom is -0.423 e. The van der Waals surface area contributed by atoms with Gasteiger partial charge in [0.2, 0.25) is 0 Å². The van der Waals surface area contributed by atoms with Crippen molar-refractivity contribution in [2.45, 2.75) is 6.92 Å². The average Bonchev–Trinajstić information content (AvgIpc) is 2.36. The average molecular weight is 257 g/mol. The van der Waals surface area contributed by atoms with Crippen LogP contribution < -0.4 is 5.56 Å². The zero-order valence-corrected chi connectivity index (χ0v) is 11.1. The van der Waals surface area contributed by atoms with Crippen molar-refractivity contribution in [3.05, 3.63) is 46.2 Å². The lowest BCUT2D eigenvalue weighted by atomic mass is 10.1. The van der Waals surface area contributed by atoms with Crippen molar-refractivity contribution in [3.8, 4) is 11.3 Å². The van der Waals surface area contributed by atoms with Crippen LogP contribution in [0.1, 0.15) is 5.56 Å². The Morgan fingerprint density at radius 3 is 2.58 bits per heavy atom. The topological polar surface area (TPSA) is 58.7 Å². The van der Waals surface area contributed by atoms with Gasteiger partial charge in [-0.15, -0.1) is 0 Å². The molecule has 2 rings (SSSR count). The highest BCUT2D eigenvalue weighted by atomic mass is 16.4. The fourth-order valence-corrected chi connectivity index (χ4v) is 1.47. The highest BCUT2D eigenvalue weighted by molar-refractivity contribution is 5.59. The minimum absolute atomic E-state index is 0.0526. The second kappa shape index (κ2) is 5.48. The van der Waals surface area contributed by atoms with Crippen molar-refractivity contribution >= 4 is 12.4 Å². The van der Waals surface area contributed by atoms with Gasteiger partial charge < -0.3 is 9.32 Å². The molecule has 5 nitrogen and oxygen atoms in total. The zero-order valence-electron chi connectivity index (χ0n) is 11.1. The van der Waals surface area contributed by atoms with Crippen LogP contribution in [0.3, 0.4) is 0 Å². The quantitative estimate of drug-likeness (QED) is 0.625. The highest BCUT2D eigenvalue weighted by Crippen LogP contribution is 2.21. The van der Waals surface area contributed by atoms with Crippen LogP contribution >= 0.6 is 0 Å². The Morgan fingerprint density at radius 2 is 1.95 bits per heavy atom. The summed E-state index contributed by atoms with van der Waals surface area (Å²) in [5, 5.41) is 0. The number of hydrogen-bond acceptors (Lipinski definition) is 4. The van der Waals surface area contributed by atoms with Gasteiger partial charge in [-0.1, -0.05) is 29.8 Å². The van der Waals surface area contributed by atoms with Crippen LogP contribution in [0.4, 0.5) is 6.01 Å². The third-order valence-corrected chi connectivity index (χ3v) is 2.40. The van der Waals surface area contributed by atoms with Gasteiger partial charge in [-0.3, -0.25) is 4.79 Å². The van der Waals surface area contributed by atoms with E-state index in [1.165, 1.54) is 12.4 Å². The van der Waals surface area contributed by atoms with E-state index in [4.69, 9.17) is 4.42 Å². The van der Waals surface area contributed by atoms with Crippen molar-refractivity contribution in [1.29, 1.82) is 0 Å². The predicted octanol–water partition coefficient (Wildman–Crippen LogP) is 2.23. The Kier molecular flexibility index (Phi) is 3.75. The van der Waals surface area contributed by atoms with Crippen molar-refractivity contribution < 1.29 is 4.42 Å². The summed E-state index contributed by atoms with van der Waals surface area (Å²) in [5.74, 6) is 0.464. The molecule has 1 heterocycles. The first-order chi connectivity index (χ1) is 9.04. The first-order valence-electron chi connectivity index (χ1n) is 5.84. The van der Waals surface area contributed by atoms with Gasteiger partial charge in [-0.2, -0.15) is 9.98 Å². The molecule has 1 aromatic carbocycles. The Labute approximate surface area is 111 Å². The maximum absolute atomic E-state index is 11.5. The van der Waals surface area contributed by atoms with Crippen LogP contribution in [0.2, 0.25) is 0 Å². The SMILES string of the molecule is Cc1ccc(-c2cc(=O)nc(N=CN(C)C)o2)cc1. The second-order valence-corrected chi connectivity index (χ2v) is 4.42. The van der Waals surface area contributed by atoms with Gasteiger partial charge >= 0.3 is 6.01 Å². The summed E-state index contributed by atoms with van der Waals surface area (Å²) in [6.45, 7) is 2.00. The van der Waals surface area contributed by atoms with Crippen LogP contribution in [-0.2, 0) is 0 Å². The molecule has 1 aromatic heterocycles. The lowest BCUT2D eigenvalue weighted by Crippen LogP contribution is -2.08. The van der Waals surface area contributed by atoms with Crippen LogP contribution in [0.15, 0.2) is 44.5 Å². The van der Waals surface area contributed by atoms with Crippen LogP contribution in [0.25, 0.3) is 11.3 Å². The normalized spacial score (nSPS) is 10.9. The summed E-state index contributed by atoms with van der Waals surface area (Å²) < 4.78 is 5.50. The molecule has 0 bridgehead atoms. The molecule has 0 aliphatic carbocycles. The van der Waals surface area contributed by atoms with Gasteiger partial charge in [0.1, 0.15) is 5.76 Å². The molecule has 0 atom stereocenters. The van der Waals surface area contributed by atoms with Crippen LogP contribution in [0.5, 0.6) is 0 Å². The van der Waals surface area contributed by atoms with Crippen LogP contribution in [0, 0.1) is 6.92 Å². The number of hydrogen-bond donors (Lipinski definition) is 0. The van der Waals surface area contributed by atoms with Crippen molar-refractivity contribution in [2.24, 2.45) is 4.99 Å². The Hall–Kier alpha value is -2.43. The molecule has 0 fully saturated rings. The third-order valence-electron chi connectivity index (χ3n) is 2.40. The fraction of sp³-hybridized carbons (Fsp3) is 0.214. The lowest BCUT2D eigenvalue weighted by molar-refractivity contribution is 0.548. The van der Waals surface area contributed by atoms with Gasteiger partial charge in [0.05, 0.1) is 6.34 Å². The number of aryl methyl sites for hydroxylation is 1. The molecule has 0 radical (unpaired) electrons. The molecular weight excluding hydrogens is 242 g/mol. The van der Waals surface area contributed by atoms with Crippen molar-refractivity contribution in [3.63, 3.8) is 0 Å². The predicted molar refractivity (Wildman–Crippen MR) is 74.8 cm³/mol. The maximum Gasteiger partial charge on any atom is 0.326 e. The number of rotatable bonds is 3. The maximum atomic E-state index is 11.5. The van der Waals surface area contributed by atoms with Gasteiger partial charge in [0.15, 0.2) is 0 Å². The van der Waals surface area contributed by atoms with E-state index in [0.717, 1.165) is 11.1 Å². The highest BCUT2D eigenvalue weighted by Gasteiger charge is 2.05. The zero-order chi connectivity index (χ0) is 13.8. The number of aromatic nitrogens is 1. The summed E-state index contributed by atoms with van der Waals surface area (Å²) in [6.07, 6.45) is 1.53. The monoisotopic (exact) mass is 257 g/mol. The Balaban J connectivity index is 2.41. The summed E-state index contributed by atoms with van der Waals surface area (Å²) in [4.78, 5) is 21.0. The van der Waals surface area contributed by atoms with E-state index in [0.29, 0.717) is 5.76 Å². The molecule has 0 aliphatic rings. The van der Waals surface area contributed by atoms with Gasteiger partial charge in [-0.25, -0.2) is 0 Å². The molecular formula is C14H15N3O2. The molecule has 0 amide bonds. The number of benzene rings is 1. The molecule has 0 unspecified atom stereocenters. The van der Waals surface area contributed by atoms with Gasteiger partial charge in [0, 0.05) is 25.7 Å². The Bertz CT molecular complexity index is 642. The molecule has 2 aromatic rings. The summed E-state index contributed by atoms with van der Waals surface area (Å²) in [6, 6.07) is 9.12. The standard InChI is InChI=1S/C14H15N3O2/c1-10-4-6-11(7-5-10)12-8-13(18)16-14(19-12)15-9-17(2)3/h4-9H,1-3H3. The molecule has 0 saturated carbocycles. The van der Waals surface area contributed by atoms with Gasteiger partial charge in [-0.05, 0) is 6.92 Å². The van der Waals surface area contributed by atoms with Crippen molar-refractivity contribution in [1.82, 2.24) is 9.88 Å². The number of nitrogens with zero attached hydrogens (tertiary/aromatic N) is 3. The fourth-order valence-electron chi connectivity index (χ4n) is 1.47. The summed E-state index contributed by atoms with van der Waals surface area (Å²) in [7, 11) is 3.65. The van der Waals surface area contributed by atoms with E-state index in [2.05, 4.69) is 9.98 Å². The number of aliphatic imine (C=N–C) groups is 1. The smallest absolute Gasteiger partial charge is 0.326 e. The Morgan fingerprint density at radius 1 is 1.26 bits per heavy atom. The molecule has 19 heavy (non-hydrogen) atoms. The summed E-state index contributed by atoms with van der Waals surface area (Å²) >= 11 is 0. The van der Waals surface area contributed by atoms with E-state index in [1.807, 2.05) is 45.3 Å². The molecule has 98 valence electrons. The lowest BCUT2D eigenvalue weighted by Gasteiger charge is -2.03. The molecule has 0 spiro atoms. The second-order valence-electron chi connectivity index (χ2n) is 4.42. The van der Waals surface area contributed by atoms with E-state index in [9.17, 15) is 4.79 Å².